The maximum atomic E-state index is 12.4. The first-order chi connectivity index (χ1) is 11.5. The summed E-state index contributed by atoms with van der Waals surface area (Å²) < 4.78 is 1.30. The van der Waals surface area contributed by atoms with Crippen molar-refractivity contribution in [2.75, 3.05) is 11.5 Å². The fraction of sp³-hybridized carbons (Fsp3) is 0.500. The molecule has 126 valence electrons. The van der Waals surface area contributed by atoms with Crippen molar-refractivity contribution >= 4 is 23.4 Å². The van der Waals surface area contributed by atoms with E-state index in [2.05, 4.69) is 20.2 Å². The van der Waals surface area contributed by atoms with Crippen LogP contribution in [0.5, 0.6) is 0 Å². The lowest BCUT2D eigenvalue weighted by Gasteiger charge is -2.10. The second-order valence-corrected chi connectivity index (χ2v) is 7.05. The summed E-state index contributed by atoms with van der Waals surface area (Å²) in [6.07, 6.45) is 3.85. The van der Waals surface area contributed by atoms with Gasteiger partial charge in [0.25, 0.3) is 5.56 Å². The highest BCUT2D eigenvalue weighted by atomic mass is 32.2. The Bertz CT molecular complexity index is 921. The van der Waals surface area contributed by atoms with Gasteiger partial charge in [0.15, 0.2) is 5.78 Å². The molecule has 0 amide bonds. The molecular weight excluding hydrogens is 332 g/mol. The van der Waals surface area contributed by atoms with Crippen molar-refractivity contribution in [2.45, 2.75) is 42.8 Å². The van der Waals surface area contributed by atoms with Crippen LogP contribution in [0.3, 0.4) is 0 Å². The van der Waals surface area contributed by atoms with Crippen molar-refractivity contribution in [3.05, 3.63) is 32.2 Å². The molecule has 2 saturated carbocycles. The molecule has 4 rings (SSSR count). The molecule has 0 saturated heterocycles. The van der Waals surface area contributed by atoms with E-state index in [1.54, 1.807) is 0 Å². The molecule has 2 aromatic rings. The normalized spacial score (nSPS) is 17.2. The molecule has 4 N–H and O–H groups in total. The number of rotatable bonds is 6. The minimum absolute atomic E-state index is 0.0158. The van der Waals surface area contributed by atoms with E-state index in [0.29, 0.717) is 11.1 Å². The Labute approximate surface area is 140 Å². The van der Waals surface area contributed by atoms with Gasteiger partial charge in [0, 0.05) is 12.0 Å². The molecule has 9 nitrogen and oxygen atoms in total. The van der Waals surface area contributed by atoms with E-state index in [1.807, 2.05) is 0 Å². The standard InChI is InChI=1S/C14H16N6O3S/c15-10-9(12(22)17-14(23)20(10)7-3-4-7)8(21)5-24-13-16-11(18-19-13)6-1-2-6/h6-7H,1-5,15H2,(H,16,18,19)(H,17,22,23). The summed E-state index contributed by atoms with van der Waals surface area (Å²) >= 11 is 1.14. The molecule has 2 aliphatic carbocycles. The van der Waals surface area contributed by atoms with E-state index in [-0.39, 0.29) is 23.2 Å². The van der Waals surface area contributed by atoms with Gasteiger partial charge in [-0.25, -0.2) is 9.78 Å². The van der Waals surface area contributed by atoms with Crippen molar-refractivity contribution in [3.63, 3.8) is 0 Å². The molecule has 0 radical (unpaired) electrons. The highest BCUT2D eigenvalue weighted by molar-refractivity contribution is 7.99. The van der Waals surface area contributed by atoms with Gasteiger partial charge in [0.2, 0.25) is 5.16 Å². The van der Waals surface area contributed by atoms with Crippen LogP contribution in [0.2, 0.25) is 0 Å². The van der Waals surface area contributed by atoms with E-state index in [1.165, 1.54) is 4.57 Å². The number of aromatic amines is 2. The van der Waals surface area contributed by atoms with Crippen LogP contribution in [-0.2, 0) is 0 Å². The average molecular weight is 348 g/mol. The van der Waals surface area contributed by atoms with Crippen LogP contribution in [0.1, 0.15) is 53.8 Å². The van der Waals surface area contributed by atoms with Crippen molar-refractivity contribution in [1.82, 2.24) is 24.7 Å². The van der Waals surface area contributed by atoms with Gasteiger partial charge in [-0.3, -0.25) is 24.2 Å². The summed E-state index contributed by atoms with van der Waals surface area (Å²) in [4.78, 5) is 42.8. The zero-order valence-corrected chi connectivity index (χ0v) is 13.6. The minimum atomic E-state index is -0.742. The summed E-state index contributed by atoms with van der Waals surface area (Å²) in [5.41, 5.74) is 4.46. The van der Waals surface area contributed by atoms with Gasteiger partial charge in [-0.2, -0.15) is 0 Å². The Kier molecular flexibility index (Phi) is 3.56. The second kappa shape index (κ2) is 5.62. The summed E-state index contributed by atoms with van der Waals surface area (Å²) in [5, 5.41) is 7.39. The molecule has 0 aromatic carbocycles. The van der Waals surface area contributed by atoms with Crippen LogP contribution in [0.4, 0.5) is 5.82 Å². The second-order valence-electron chi connectivity index (χ2n) is 6.11. The number of anilines is 1. The number of aromatic nitrogens is 5. The molecule has 2 aromatic heterocycles. The van der Waals surface area contributed by atoms with Gasteiger partial charge in [-0.1, -0.05) is 11.8 Å². The molecule has 0 spiro atoms. The lowest BCUT2D eigenvalue weighted by Crippen LogP contribution is -2.36. The van der Waals surface area contributed by atoms with E-state index >= 15 is 0 Å². The van der Waals surface area contributed by atoms with Gasteiger partial charge in [-0.05, 0) is 25.7 Å². The Morgan fingerprint density at radius 3 is 2.71 bits per heavy atom. The van der Waals surface area contributed by atoms with Gasteiger partial charge in [0.1, 0.15) is 17.2 Å². The Morgan fingerprint density at radius 1 is 1.29 bits per heavy atom. The maximum Gasteiger partial charge on any atom is 0.330 e. The third-order valence-corrected chi connectivity index (χ3v) is 5.00. The first-order valence-electron chi connectivity index (χ1n) is 7.77. The third kappa shape index (κ3) is 2.77. The zero-order chi connectivity index (χ0) is 16.8. The fourth-order valence-electron chi connectivity index (χ4n) is 2.60. The Balaban J connectivity index is 1.54. The number of hydrogen-bond donors (Lipinski definition) is 3. The van der Waals surface area contributed by atoms with Crippen LogP contribution < -0.4 is 17.0 Å². The quantitative estimate of drug-likeness (QED) is 0.508. The summed E-state index contributed by atoms with van der Waals surface area (Å²) in [7, 11) is 0. The van der Waals surface area contributed by atoms with Crippen LogP contribution in [-0.4, -0.2) is 36.3 Å². The summed E-state index contributed by atoms with van der Waals surface area (Å²) in [5.74, 6) is 0.780. The first kappa shape index (κ1) is 15.2. The molecule has 0 bridgehead atoms. The van der Waals surface area contributed by atoms with Crippen LogP contribution in [0.25, 0.3) is 0 Å². The van der Waals surface area contributed by atoms with Crippen molar-refractivity contribution in [1.29, 1.82) is 0 Å². The molecule has 2 aliphatic rings. The molecule has 24 heavy (non-hydrogen) atoms. The fourth-order valence-corrected chi connectivity index (χ4v) is 3.27. The highest BCUT2D eigenvalue weighted by Crippen LogP contribution is 2.38. The van der Waals surface area contributed by atoms with E-state index in [4.69, 9.17) is 5.73 Å². The molecule has 2 fully saturated rings. The van der Waals surface area contributed by atoms with Crippen molar-refractivity contribution < 1.29 is 4.79 Å². The van der Waals surface area contributed by atoms with E-state index in [0.717, 1.165) is 43.3 Å². The number of thioether (sulfide) groups is 1. The van der Waals surface area contributed by atoms with Gasteiger partial charge in [-0.15, -0.1) is 5.10 Å². The number of carbonyl (C=O) groups excluding carboxylic acids is 1. The summed E-state index contributed by atoms with van der Waals surface area (Å²) in [6.45, 7) is 0. The SMILES string of the molecule is Nc1c(C(=O)CSc2n[nH]c(C3CC3)n2)c(=O)[nH]c(=O)n1C1CC1. The van der Waals surface area contributed by atoms with Gasteiger partial charge in [0.05, 0.1) is 5.75 Å². The largest absolute Gasteiger partial charge is 0.384 e. The number of hydrogen-bond acceptors (Lipinski definition) is 7. The van der Waals surface area contributed by atoms with Crippen molar-refractivity contribution in [3.8, 4) is 0 Å². The highest BCUT2D eigenvalue weighted by Gasteiger charge is 2.30. The van der Waals surface area contributed by atoms with Crippen LogP contribution >= 0.6 is 11.8 Å². The number of carbonyl (C=O) groups is 1. The topological polar surface area (TPSA) is 140 Å². The average Bonchev–Trinajstić information content (AvgIpc) is 3.45. The predicted octanol–water partition coefficient (Wildman–Crippen LogP) is 0.424. The number of nitrogen functional groups attached to an aromatic ring is 1. The smallest absolute Gasteiger partial charge is 0.330 e. The Hall–Kier alpha value is -2.36. The number of ketones is 1. The third-order valence-electron chi connectivity index (χ3n) is 4.15. The van der Waals surface area contributed by atoms with Crippen molar-refractivity contribution in [2.24, 2.45) is 0 Å². The van der Waals surface area contributed by atoms with E-state index in [9.17, 15) is 14.4 Å². The number of Topliss-reactive ketones (excluding diaryl/α,β-unsaturated/α-hetero) is 1. The van der Waals surface area contributed by atoms with Crippen LogP contribution in [0, 0.1) is 0 Å². The zero-order valence-electron chi connectivity index (χ0n) is 12.7. The number of nitrogens with zero attached hydrogens (tertiary/aromatic N) is 3. The van der Waals surface area contributed by atoms with E-state index < -0.39 is 17.0 Å². The lowest BCUT2D eigenvalue weighted by molar-refractivity contribution is 0.102. The Morgan fingerprint density at radius 2 is 2.04 bits per heavy atom. The van der Waals surface area contributed by atoms with Gasteiger partial charge >= 0.3 is 5.69 Å². The number of nitrogens with one attached hydrogen (secondary N) is 2. The molecule has 2 heterocycles. The molecule has 0 aliphatic heterocycles. The van der Waals surface area contributed by atoms with Crippen LogP contribution in [0.15, 0.2) is 14.7 Å². The molecular formula is C14H16N6O3S. The number of H-pyrrole nitrogens is 2. The maximum absolute atomic E-state index is 12.4. The lowest BCUT2D eigenvalue weighted by atomic mass is 10.2. The summed E-state index contributed by atoms with van der Waals surface area (Å²) in [6, 6.07) is -0.0253. The molecule has 0 atom stereocenters. The predicted molar refractivity (Wildman–Crippen MR) is 87.4 cm³/mol. The first-order valence-corrected chi connectivity index (χ1v) is 8.75. The molecule has 10 heteroatoms. The minimum Gasteiger partial charge on any atom is -0.384 e. The monoisotopic (exact) mass is 348 g/mol. The molecule has 0 unspecified atom stereocenters. The van der Waals surface area contributed by atoms with Gasteiger partial charge < -0.3 is 5.73 Å². The number of nitrogens with two attached hydrogens (primary N) is 1.